The quantitative estimate of drug-likeness (QED) is 0.456. The molecule has 0 bridgehead atoms. The third-order valence-electron chi connectivity index (χ3n) is 1.93. The summed E-state index contributed by atoms with van der Waals surface area (Å²) in [6, 6.07) is 0. The number of allylic oxidation sites excluding steroid dienone is 2. The van der Waals surface area contributed by atoms with Gasteiger partial charge in [0.1, 0.15) is 10.1 Å². The fourth-order valence-corrected chi connectivity index (χ4v) is 1.69. The summed E-state index contributed by atoms with van der Waals surface area (Å²) in [5, 5.41) is -9.94. The molecule has 0 saturated heterocycles. The molecule has 0 aromatic rings. The number of hydrogen-bond acceptors (Lipinski definition) is 0. The minimum absolute atomic E-state index is 2.25. The highest BCUT2D eigenvalue weighted by Gasteiger charge is 2.84. The van der Waals surface area contributed by atoms with Crippen molar-refractivity contribution in [2.45, 2.75) is 22.9 Å². The van der Waals surface area contributed by atoms with Crippen molar-refractivity contribution < 1.29 is 30.7 Å². The van der Waals surface area contributed by atoms with Crippen LogP contribution in [0.25, 0.3) is 0 Å². The van der Waals surface area contributed by atoms with Crippen molar-refractivity contribution >= 4 is 34.8 Å². The van der Waals surface area contributed by atoms with E-state index in [0.29, 0.717) is 0 Å². The van der Waals surface area contributed by atoms with Crippen LogP contribution in [0.5, 0.6) is 0 Å². The summed E-state index contributed by atoms with van der Waals surface area (Å²) >= 11 is 13.4. The molecule has 0 heterocycles. The van der Waals surface area contributed by atoms with E-state index in [2.05, 4.69) is 34.8 Å². The van der Waals surface area contributed by atoms with Crippen molar-refractivity contribution in [3.05, 3.63) is 10.1 Å². The second kappa shape index (κ2) is 3.32. The summed E-state index contributed by atoms with van der Waals surface area (Å²) in [5.41, 5.74) is 0. The Kier molecular flexibility index (Phi) is 2.95. The minimum atomic E-state index is -5.90. The topological polar surface area (TPSA) is 0 Å². The van der Waals surface area contributed by atoms with Gasteiger partial charge in [0.15, 0.2) is 0 Å². The molecule has 0 spiro atoms. The second-order valence-electron chi connectivity index (χ2n) is 2.93. The van der Waals surface area contributed by atoms with Gasteiger partial charge in [-0.3, -0.25) is 0 Å². The zero-order valence-corrected chi connectivity index (χ0v) is 9.05. The van der Waals surface area contributed by atoms with Crippen LogP contribution in [0.3, 0.4) is 0 Å². The molecule has 0 nitrogen and oxygen atoms in total. The molecule has 0 fully saturated rings. The molecule has 1 aliphatic carbocycles. The van der Waals surface area contributed by atoms with Gasteiger partial charge in [0.25, 0.3) is 0 Å². The fourth-order valence-electron chi connectivity index (χ4n) is 0.946. The Hall–Kier alpha value is 0.120. The molecule has 0 amide bonds. The number of rotatable bonds is 0. The van der Waals surface area contributed by atoms with E-state index < -0.39 is 33.0 Å². The molecular weight excluding hydrogens is 311 g/mol. The highest BCUT2D eigenvalue weighted by molar-refractivity contribution is 6.41. The molecule has 0 aliphatic heterocycles. The molecule has 0 aromatic carbocycles. The van der Waals surface area contributed by atoms with Crippen molar-refractivity contribution in [3.63, 3.8) is 0 Å². The Labute approximate surface area is 98.9 Å². The van der Waals surface area contributed by atoms with Gasteiger partial charge in [0.05, 0.1) is 0 Å². The molecule has 10 heteroatoms. The predicted octanol–water partition coefficient (Wildman–Crippen LogP) is 4.50. The lowest BCUT2D eigenvalue weighted by molar-refractivity contribution is -0.279. The average molecular weight is 311 g/mol. The van der Waals surface area contributed by atoms with Crippen molar-refractivity contribution in [2.75, 3.05) is 0 Å². The SMILES string of the molecule is FC1(F)C(Cl)=C(Cl)C(F)(F)[C@@](F)(Cl)C1(F)F. The van der Waals surface area contributed by atoms with Gasteiger partial charge in [-0.05, 0) is 0 Å². The van der Waals surface area contributed by atoms with Crippen LogP contribution in [-0.4, -0.2) is 22.9 Å². The smallest absolute Gasteiger partial charge is 0.212 e. The summed E-state index contributed by atoms with van der Waals surface area (Å²) in [6.07, 6.45) is 0. The lowest BCUT2D eigenvalue weighted by Crippen LogP contribution is -2.65. The number of halogens is 10. The van der Waals surface area contributed by atoms with E-state index in [0.717, 1.165) is 0 Å². The summed E-state index contributed by atoms with van der Waals surface area (Å²) in [4.78, 5) is 0. The first kappa shape index (κ1) is 14.2. The van der Waals surface area contributed by atoms with Crippen molar-refractivity contribution in [1.82, 2.24) is 0 Å². The molecule has 0 N–H and O–H groups in total. The predicted molar refractivity (Wildman–Crippen MR) is 43.3 cm³/mol. The molecule has 1 aliphatic rings. The van der Waals surface area contributed by atoms with E-state index in [1.807, 2.05) is 0 Å². The van der Waals surface area contributed by atoms with E-state index in [9.17, 15) is 30.7 Å². The molecule has 1 atom stereocenters. The van der Waals surface area contributed by atoms with Gasteiger partial charge in [0, 0.05) is 0 Å². The van der Waals surface area contributed by atoms with Crippen LogP contribution in [0, 0.1) is 0 Å². The van der Waals surface area contributed by atoms with E-state index >= 15 is 0 Å². The summed E-state index contributed by atoms with van der Waals surface area (Å²) in [6.45, 7) is 0. The molecule has 94 valence electrons. The molecule has 0 radical (unpaired) electrons. The van der Waals surface area contributed by atoms with Crippen LogP contribution in [0.15, 0.2) is 10.1 Å². The van der Waals surface area contributed by atoms with Crippen LogP contribution >= 0.6 is 34.8 Å². The Morgan fingerprint density at radius 1 is 0.688 bits per heavy atom. The van der Waals surface area contributed by atoms with E-state index in [1.165, 1.54) is 0 Å². The molecular formula is C6Cl3F7. The second-order valence-corrected chi connectivity index (χ2v) is 4.20. The lowest BCUT2D eigenvalue weighted by Gasteiger charge is -2.42. The molecule has 16 heavy (non-hydrogen) atoms. The monoisotopic (exact) mass is 310 g/mol. The molecule has 0 aromatic heterocycles. The Bertz CT molecular complexity index is 325. The third-order valence-corrected chi connectivity index (χ3v) is 3.35. The Morgan fingerprint density at radius 2 is 1.00 bits per heavy atom. The maximum atomic E-state index is 13.0. The van der Waals surface area contributed by atoms with Gasteiger partial charge in [0.2, 0.25) is 0 Å². The molecule has 1 rings (SSSR count). The van der Waals surface area contributed by atoms with Crippen molar-refractivity contribution in [1.29, 1.82) is 0 Å². The van der Waals surface area contributed by atoms with E-state index in [4.69, 9.17) is 0 Å². The highest BCUT2D eigenvalue weighted by Crippen LogP contribution is 2.64. The summed E-state index contributed by atoms with van der Waals surface area (Å²) in [5.74, 6) is -16.5. The first-order valence-corrected chi connectivity index (χ1v) is 4.52. The Balaban J connectivity index is 3.64. The van der Waals surface area contributed by atoms with Crippen LogP contribution in [0.1, 0.15) is 0 Å². The maximum absolute atomic E-state index is 13.0. The first-order valence-electron chi connectivity index (χ1n) is 3.39. The van der Waals surface area contributed by atoms with Crippen LogP contribution in [-0.2, 0) is 0 Å². The van der Waals surface area contributed by atoms with Gasteiger partial charge < -0.3 is 0 Å². The average Bonchev–Trinajstić information content (AvgIpc) is 2.12. The fraction of sp³-hybridized carbons (Fsp3) is 0.667. The zero-order chi connectivity index (χ0) is 13.2. The Morgan fingerprint density at radius 3 is 1.38 bits per heavy atom. The van der Waals surface area contributed by atoms with Gasteiger partial charge in [-0.25, -0.2) is 4.39 Å². The van der Waals surface area contributed by atoms with Crippen molar-refractivity contribution in [2.24, 2.45) is 0 Å². The lowest BCUT2D eigenvalue weighted by atomic mass is 9.93. The highest BCUT2D eigenvalue weighted by atomic mass is 35.5. The van der Waals surface area contributed by atoms with Gasteiger partial charge >= 0.3 is 22.9 Å². The first-order chi connectivity index (χ1) is 6.82. The summed E-state index contributed by atoms with van der Waals surface area (Å²) in [7, 11) is 0. The summed E-state index contributed by atoms with van der Waals surface area (Å²) < 4.78 is 89.8. The van der Waals surface area contributed by atoms with Crippen LogP contribution < -0.4 is 0 Å². The van der Waals surface area contributed by atoms with E-state index in [-0.39, 0.29) is 0 Å². The maximum Gasteiger partial charge on any atom is 0.368 e. The van der Waals surface area contributed by atoms with Gasteiger partial charge in [-0.1, -0.05) is 34.8 Å². The van der Waals surface area contributed by atoms with Crippen LogP contribution in [0.2, 0.25) is 0 Å². The third kappa shape index (κ3) is 1.31. The van der Waals surface area contributed by atoms with Crippen LogP contribution in [0.4, 0.5) is 30.7 Å². The molecule has 0 saturated carbocycles. The number of hydrogen-bond donors (Lipinski definition) is 0. The molecule has 0 unspecified atom stereocenters. The standard InChI is InChI=1S/C6Cl3F7/c7-1-2(8)4(12,13)6(15,16)5(9,14)3(1,10)11/t5-/m0/s1. The van der Waals surface area contributed by atoms with Gasteiger partial charge in [-0.2, -0.15) is 26.3 Å². The number of alkyl halides is 8. The normalized spacial score (nSPS) is 36.4. The zero-order valence-electron chi connectivity index (χ0n) is 6.78. The van der Waals surface area contributed by atoms with E-state index in [1.54, 1.807) is 0 Å². The minimum Gasteiger partial charge on any atom is -0.212 e. The van der Waals surface area contributed by atoms with Crippen molar-refractivity contribution in [3.8, 4) is 0 Å². The largest absolute Gasteiger partial charge is 0.368 e. The van der Waals surface area contributed by atoms with Gasteiger partial charge in [-0.15, -0.1) is 0 Å².